The summed E-state index contributed by atoms with van der Waals surface area (Å²) in [6, 6.07) is 9.79. The van der Waals surface area contributed by atoms with E-state index < -0.39 is 5.97 Å². The Morgan fingerprint density at radius 2 is 1.96 bits per heavy atom. The second-order valence-electron chi connectivity index (χ2n) is 6.80. The van der Waals surface area contributed by atoms with Gasteiger partial charge in [0, 0.05) is 43.9 Å². The molecule has 2 aromatic rings. The fourth-order valence-electron chi connectivity index (χ4n) is 3.49. The minimum Gasteiger partial charge on any atom is -0.478 e. The Bertz CT molecular complexity index is 916. The van der Waals surface area contributed by atoms with Gasteiger partial charge in [-0.3, -0.25) is 9.59 Å². The summed E-state index contributed by atoms with van der Waals surface area (Å²) in [4.78, 5) is 37.7. The first-order valence-corrected chi connectivity index (χ1v) is 8.67. The molecule has 0 spiro atoms. The highest BCUT2D eigenvalue weighted by Crippen LogP contribution is 2.28. The van der Waals surface area contributed by atoms with E-state index in [1.165, 1.54) is 12.1 Å². The number of pyridine rings is 1. The maximum absolute atomic E-state index is 12.9. The SMILES string of the molecule is Cc1cc(=O)cc(C(=O)N2CCC[C@H](c3cccc(C(=O)O)c3)C2)n1C. The summed E-state index contributed by atoms with van der Waals surface area (Å²) in [5, 5.41) is 9.18. The molecular formula is C20H22N2O4. The highest BCUT2D eigenvalue weighted by Gasteiger charge is 2.27. The maximum Gasteiger partial charge on any atom is 0.335 e. The van der Waals surface area contributed by atoms with Crippen LogP contribution in [0.5, 0.6) is 0 Å². The molecule has 1 aliphatic rings. The van der Waals surface area contributed by atoms with Crippen molar-refractivity contribution in [3.63, 3.8) is 0 Å². The maximum atomic E-state index is 12.9. The van der Waals surface area contributed by atoms with E-state index in [1.807, 2.05) is 6.07 Å². The van der Waals surface area contributed by atoms with Crippen molar-refractivity contribution >= 4 is 11.9 Å². The molecule has 3 rings (SSSR count). The van der Waals surface area contributed by atoms with Crippen LogP contribution in [0.3, 0.4) is 0 Å². The van der Waals surface area contributed by atoms with Crippen molar-refractivity contribution in [2.24, 2.45) is 7.05 Å². The number of aryl methyl sites for hydroxylation is 1. The van der Waals surface area contributed by atoms with Crippen molar-refractivity contribution < 1.29 is 14.7 Å². The van der Waals surface area contributed by atoms with E-state index in [0.717, 1.165) is 24.1 Å². The standard InChI is InChI=1S/C20H22N2O4/c1-13-9-17(23)11-18(21(13)2)19(24)22-8-4-7-16(12-22)14-5-3-6-15(10-14)20(25)26/h3,5-6,9-11,16H,4,7-8,12H2,1-2H3,(H,25,26)/t16-/m0/s1. The molecule has 136 valence electrons. The molecule has 1 amide bonds. The molecule has 0 bridgehead atoms. The summed E-state index contributed by atoms with van der Waals surface area (Å²) in [5.41, 5.74) is 2.14. The number of rotatable bonds is 3. The van der Waals surface area contributed by atoms with Gasteiger partial charge in [-0.1, -0.05) is 12.1 Å². The molecule has 1 aromatic carbocycles. The molecule has 1 aliphatic heterocycles. The van der Waals surface area contributed by atoms with Crippen LogP contribution in [-0.4, -0.2) is 39.5 Å². The lowest BCUT2D eigenvalue weighted by Crippen LogP contribution is -2.40. The third-order valence-corrected chi connectivity index (χ3v) is 5.05. The van der Waals surface area contributed by atoms with Crippen LogP contribution in [0.4, 0.5) is 0 Å². The molecule has 26 heavy (non-hydrogen) atoms. The zero-order valence-corrected chi connectivity index (χ0v) is 14.9. The Labute approximate surface area is 151 Å². The lowest BCUT2D eigenvalue weighted by Gasteiger charge is -2.33. The van der Waals surface area contributed by atoms with Crippen LogP contribution >= 0.6 is 0 Å². The highest BCUT2D eigenvalue weighted by molar-refractivity contribution is 5.92. The number of piperidine rings is 1. The van der Waals surface area contributed by atoms with Crippen LogP contribution in [0.2, 0.25) is 0 Å². The van der Waals surface area contributed by atoms with Crippen molar-refractivity contribution in [1.82, 2.24) is 9.47 Å². The van der Waals surface area contributed by atoms with Crippen LogP contribution in [0.15, 0.2) is 41.2 Å². The number of aromatic carboxylic acids is 1. The number of hydrogen-bond acceptors (Lipinski definition) is 3. The zero-order chi connectivity index (χ0) is 18.8. The summed E-state index contributed by atoms with van der Waals surface area (Å²) >= 11 is 0. The molecule has 1 aromatic heterocycles. The van der Waals surface area contributed by atoms with E-state index in [9.17, 15) is 19.5 Å². The molecule has 1 atom stereocenters. The van der Waals surface area contributed by atoms with Gasteiger partial charge in [0.05, 0.1) is 5.56 Å². The minimum absolute atomic E-state index is 0.0915. The summed E-state index contributed by atoms with van der Waals surface area (Å²) in [7, 11) is 1.78. The van der Waals surface area contributed by atoms with Gasteiger partial charge in [0.1, 0.15) is 5.69 Å². The Morgan fingerprint density at radius 1 is 1.19 bits per heavy atom. The molecule has 0 radical (unpaired) electrons. The number of amides is 1. The molecule has 1 fully saturated rings. The minimum atomic E-state index is -0.953. The molecule has 0 saturated carbocycles. The Kier molecular flexibility index (Phi) is 4.93. The fourth-order valence-corrected chi connectivity index (χ4v) is 3.49. The molecule has 2 heterocycles. The monoisotopic (exact) mass is 354 g/mol. The van der Waals surface area contributed by atoms with Crippen molar-refractivity contribution in [2.75, 3.05) is 13.1 Å². The first-order chi connectivity index (χ1) is 12.4. The topological polar surface area (TPSA) is 79.6 Å². The van der Waals surface area contributed by atoms with E-state index in [2.05, 4.69) is 0 Å². The summed E-state index contributed by atoms with van der Waals surface area (Å²) in [6.45, 7) is 2.95. The molecule has 6 nitrogen and oxygen atoms in total. The largest absolute Gasteiger partial charge is 0.478 e. The quantitative estimate of drug-likeness (QED) is 0.918. The Balaban J connectivity index is 1.85. The third-order valence-electron chi connectivity index (χ3n) is 5.05. The molecular weight excluding hydrogens is 332 g/mol. The van der Waals surface area contributed by atoms with Crippen LogP contribution in [0.1, 0.15) is 50.9 Å². The number of carbonyl (C=O) groups excluding carboxylic acids is 1. The second-order valence-corrected chi connectivity index (χ2v) is 6.80. The van der Waals surface area contributed by atoms with Gasteiger partial charge in [-0.2, -0.15) is 0 Å². The zero-order valence-electron chi connectivity index (χ0n) is 14.9. The predicted octanol–water partition coefficient (Wildman–Crippen LogP) is 2.41. The summed E-state index contributed by atoms with van der Waals surface area (Å²) < 4.78 is 1.73. The number of benzene rings is 1. The van der Waals surface area contributed by atoms with Crippen LogP contribution in [0, 0.1) is 6.92 Å². The van der Waals surface area contributed by atoms with E-state index >= 15 is 0 Å². The number of likely N-dealkylation sites (tertiary alicyclic amines) is 1. The smallest absolute Gasteiger partial charge is 0.335 e. The van der Waals surface area contributed by atoms with Crippen LogP contribution < -0.4 is 5.43 Å². The fraction of sp³-hybridized carbons (Fsp3) is 0.350. The number of aromatic nitrogens is 1. The third kappa shape index (κ3) is 3.54. The molecule has 0 unspecified atom stereocenters. The molecule has 1 saturated heterocycles. The van der Waals surface area contributed by atoms with E-state index in [1.54, 1.807) is 41.6 Å². The Morgan fingerprint density at radius 3 is 2.69 bits per heavy atom. The first kappa shape index (κ1) is 17.9. The highest BCUT2D eigenvalue weighted by atomic mass is 16.4. The first-order valence-electron chi connectivity index (χ1n) is 8.67. The van der Waals surface area contributed by atoms with E-state index in [-0.39, 0.29) is 22.8 Å². The lowest BCUT2D eigenvalue weighted by atomic mass is 9.89. The second kappa shape index (κ2) is 7.15. The predicted molar refractivity (Wildman–Crippen MR) is 97.7 cm³/mol. The normalized spacial score (nSPS) is 17.2. The van der Waals surface area contributed by atoms with Gasteiger partial charge in [0.2, 0.25) is 0 Å². The number of carboxylic acids is 1. The van der Waals surface area contributed by atoms with Crippen LogP contribution in [-0.2, 0) is 7.05 Å². The Hall–Kier alpha value is -2.89. The van der Waals surface area contributed by atoms with Gasteiger partial charge in [-0.25, -0.2) is 4.79 Å². The van der Waals surface area contributed by atoms with Gasteiger partial charge >= 0.3 is 5.97 Å². The number of hydrogen-bond donors (Lipinski definition) is 1. The van der Waals surface area contributed by atoms with E-state index in [4.69, 9.17) is 0 Å². The lowest BCUT2D eigenvalue weighted by molar-refractivity contribution is 0.0683. The van der Waals surface area contributed by atoms with Crippen molar-refractivity contribution in [1.29, 1.82) is 0 Å². The van der Waals surface area contributed by atoms with Gasteiger partial charge in [0.25, 0.3) is 5.91 Å². The van der Waals surface area contributed by atoms with Crippen molar-refractivity contribution in [3.8, 4) is 0 Å². The van der Waals surface area contributed by atoms with Crippen molar-refractivity contribution in [3.05, 3.63) is 69.1 Å². The number of carbonyl (C=O) groups is 2. The van der Waals surface area contributed by atoms with Crippen molar-refractivity contribution in [2.45, 2.75) is 25.7 Å². The molecule has 1 N–H and O–H groups in total. The average Bonchev–Trinajstić information content (AvgIpc) is 2.64. The van der Waals surface area contributed by atoms with Crippen LogP contribution in [0.25, 0.3) is 0 Å². The number of nitrogens with zero attached hydrogens (tertiary/aromatic N) is 2. The van der Waals surface area contributed by atoms with Gasteiger partial charge in [-0.15, -0.1) is 0 Å². The summed E-state index contributed by atoms with van der Waals surface area (Å²) in [6.07, 6.45) is 1.74. The van der Waals surface area contributed by atoms with Gasteiger partial charge in [0.15, 0.2) is 5.43 Å². The van der Waals surface area contributed by atoms with E-state index in [0.29, 0.717) is 18.8 Å². The number of carboxylic acid groups (broad SMARTS) is 1. The van der Waals surface area contributed by atoms with Gasteiger partial charge in [-0.05, 0) is 37.5 Å². The average molecular weight is 354 g/mol. The van der Waals surface area contributed by atoms with Gasteiger partial charge < -0.3 is 14.6 Å². The summed E-state index contributed by atoms with van der Waals surface area (Å²) in [5.74, 6) is -1.02. The molecule has 0 aliphatic carbocycles. The molecule has 6 heteroatoms.